The van der Waals surface area contributed by atoms with Crippen LogP contribution in [0.25, 0.3) is 0 Å². The van der Waals surface area contributed by atoms with Crippen LogP contribution in [-0.4, -0.2) is 34.1 Å². The lowest BCUT2D eigenvalue weighted by Gasteiger charge is -2.36. The van der Waals surface area contributed by atoms with E-state index in [2.05, 4.69) is 15.3 Å². The maximum absolute atomic E-state index is 10.6. The van der Waals surface area contributed by atoms with E-state index in [1.165, 1.54) is 12.4 Å². The Bertz CT molecular complexity index is 617. The third-order valence-electron chi connectivity index (χ3n) is 3.29. The van der Waals surface area contributed by atoms with Gasteiger partial charge in [-0.15, -0.1) is 0 Å². The van der Waals surface area contributed by atoms with Crippen LogP contribution in [0, 0.1) is 10.1 Å². The lowest BCUT2D eigenvalue weighted by Crippen LogP contribution is -2.43. The van der Waals surface area contributed by atoms with Crippen molar-refractivity contribution >= 4 is 23.0 Å². The largest absolute Gasteiger partial charge is 0.367 e. The molecule has 1 aliphatic rings. The summed E-state index contributed by atoms with van der Waals surface area (Å²) in [4.78, 5) is 20.3. The van der Waals surface area contributed by atoms with Crippen LogP contribution in [0.5, 0.6) is 0 Å². The summed E-state index contributed by atoms with van der Waals surface area (Å²) < 4.78 is 5.95. The van der Waals surface area contributed by atoms with Gasteiger partial charge >= 0.3 is 5.69 Å². The number of hydrogen-bond donors (Lipinski definition) is 0. The molecule has 21 heavy (non-hydrogen) atoms. The zero-order valence-electron chi connectivity index (χ0n) is 11.4. The van der Waals surface area contributed by atoms with E-state index in [-0.39, 0.29) is 17.9 Å². The van der Waals surface area contributed by atoms with Crippen molar-refractivity contribution in [2.24, 2.45) is 0 Å². The second-order valence-electron chi connectivity index (χ2n) is 4.90. The summed E-state index contributed by atoms with van der Waals surface area (Å²) in [6.07, 6.45) is 2.49. The van der Waals surface area contributed by atoms with Gasteiger partial charge in [0.05, 0.1) is 17.6 Å². The molecule has 110 valence electrons. The maximum Gasteiger partial charge on any atom is 0.305 e. The highest BCUT2D eigenvalue weighted by Gasteiger charge is 2.28. The first-order valence-electron chi connectivity index (χ1n) is 6.52. The van der Waals surface area contributed by atoms with Crippen molar-refractivity contribution in [1.82, 2.24) is 9.97 Å². The van der Waals surface area contributed by atoms with Crippen molar-refractivity contribution in [2.75, 3.05) is 18.0 Å². The van der Waals surface area contributed by atoms with Crippen molar-refractivity contribution < 1.29 is 9.66 Å². The molecule has 2 atom stereocenters. The molecule has 0 spiro atoms. The molecule has 3 heterocycles. The lowest BCUT2D eigenvalue weighted by molar-refractivity contribution is -0.385. The Kier molecular flexibility index (Phi) is 3.80. The molecule has 8 heteroatoms. The monoisotopic (exact) mass is 306 g/mol. The predicted octanol–water partition coefficient (Wildman–Crippen LogP) is 2.41. The van der Waals surface area contributed by atoms with Gasteiger partial charge in [-0.2, -0.15) is 11.3 Å². The first-order chi connectivity index (χ1) is 10.1. The van der Waals surface area contributed by atoms with Crippen LogP contribution < -0.4 is 4.90 Å². The Morgan fingerprint density at radius 1 is 1.43 bits per heavy atom. The number of ether oxygens (including phenoxy) is 1. The predicted molar refractivity (Wildman–Crippen MR) is 78.5 cm³/mol. The Labute approximate surface area is 125 Å². The summed E-state index contributed by atoms with van der Waals surface area (Å²) in [5.74, 6) is 0.496. The molecular formula is C13H14N4O3S. The minimum Gasteiger partial charge on any atom is -0.367 e. The number of morpholine rings is 1. The average molecular weight is 306 g/mol. The third-order valence-corrected chi connectivity index (χ3v) is 3.99. The second kappa shape index (κ2) is 5.74. The normalized spacial score (nSPS) is 22.2. The number of nitro groups is 1. The van der Waals surface area contributed by atoms with E-state index in [0.717, 1.165) is 5.56 Å². The van der Waals surface area contributed by atoms with E-state index in [1.807, 2.05) is 23.3 Å². The summed E-state index contributed by atoms with van der Waals surface area (Å²) in [6.45, 7) is 3.30. The first-order valence-corrected chi connectivity index (χ1v) is 7.46. The maximum atomic E-state index is 10.6. The number of hydrogen-bond acceptors (Lipinski definition) is 7. The number of nitrogens with zero attached hydrogens (tertiary/aromatic N) is 4. The molecule has 1 fully saturated rings. The highest BCUT2D eigenvalue weighted by molar-refractivity contribution is 7.07. The van der Waals surface area contributed by atoms with E-state index < -0.39 is 4.92 Å². The fourth-order valence-electron chi connectivity index (χ4n) is 2.33. The summed E-state index contributed by atoms with van der Waals surface area (Å²) >= 11 is 1.63. The van der Waals surface area contributed by atoms with Gasteiger partial charge in [0.2, 0.25) is 5.95 Å². The molecule has 2 aromatic heterocycles. The SMILES string of the molecule is C[C@H]1CN(c2ncc([N+](=O)[O-])cn2)C[C@@H](c2ccsc2)O1. The quantitative estimate of drug-likeness (QED) is 0.640. The number of anilines is 1. The summed E-state index contributed by atoms with van der Waals surface area (Å²) in [5, 5.41) is 14.7. The summed E-state index contributed by atoms with van der Waals surface area (Å²) in [6, 6.07) is 2.04. The van der Waals surface area contributed by atoms with E-state index in [1.54, 1.807) is 11.3 Å². The Morgan fingerprint density at radius 3 is 2.81 bits per heavy atom. The average Bonchev–Trinajstić information content (AvgIpc) is 3.01. The fourth-order valence-corrected chi connectivity index (χ4v) is 3.03. The van der Waals surface area contributed by atoms with Crippen molar-refractivity contribution in [3.63, 3.8) is 0 Å². The highest BCUT2D eigenvalue weighted by Crippen LogP contribution is 2.28. The van der Waals surface area contributed by atoms with E-state index >= 15 is 0 Å². The minimum absolute atomic E-state index is 0.0289. The van der Waals surface area contributed by atoms with Crippen LogP contribution in [0.2, 0.25) is 0 Å². The highest BCUT2D eigenvalue weighted by atomic mass is 32.1. The van der Waals surface area contributed by atoms with Gasteiger partial charge in [-0.1, -0.05) is 0 Å². The van der Waals surface area contributed by atoms with Crippen molar-refractivity contribution in [3.8, 4) is 0 Å². The van der Waals surface area contributed by atoms with Crippen LogP contribution in [0.3, 0.4) is 0 Å². The molecule has 0 aromatic carbocycles. The number of thiophene rings is 1. The molecule has 0 radical (unpaired) electrons. The molecule has 1 saturated heterocycles. The molecular weight excluding hydrogens is 292 g/mol. The van der Waals surface area contributed by atoms with Crippen molar-refractivity contribution in [1.29, 1.82) is 0 Å². The second-order valence-corrected chi connectivity index (χ2v) is 5.68. The number of aromatic nitrogens is 2. The zero-order chi connectivity index (χ0) is 14.8. The van der Waals surface area contributed by atoms with Gasteiger partial charge < -0.3 is 9.64 Å². The van der Waals surface area contributed by atoms with Gasteiger partial charge in [0.1, 0.15) is 18.5 Å². The molecule has 0 unspecified atom stereocenters. The third kappa shape index (κ3) is 3.01. The standard InChI is InChI=1S/C13H14N4O3S/c1-9-6-16(7-12(20-9)10-2-3-21-8-10)13-14-4-11(5-15-13)17(18)19/h2-5,8-9,12H,6-7H2,1H3/t9-,12-/m0/s1. The van der Waals surface area contributed by atoms with E-state index in [4.69, 9.17) is 4.74 Å². The zero-order valence-corrected chi connectivity index (χ0v) is 12.2. The molecule has 1 aliphatic heterocycles. The lowest BCUT2D eigenvalue weighted by atomic mass is 10.1. The van der Waals surface area contributed by atoms with Crippen molar-refractivity contribution in [2.45, 2.75) is 19.1 Å². The smallest absolute Gasteiger partial charge is 0.305 e. The van der Waals surface area contributed by atoms with Gasteiger partial charge in [-0.3, -0.25) is 10.1 Å². The molecule has 0 N–H and O–H groups in total. The van der Waals surface area contributed by atoms with Gasteiger partial charge in [0, 0.05) is 6.54 Å². The Morgan fingerprint density at radius 2 is 2.19 bits per heavy atom. The minimum atomic E-state index is -0.500. The van der Waals surface area contributed by atoms with Crippen LogP contribution in [0.1, 0.15) is 18.6 Å². The Hall–Kier alpha value is -2.06. The van der Waals surface area contributed by atoms with Crippen LogP contribution in [0.15, 0.2) is 29.2 Å². The molecule has 2 aromatic rings. The van der Waals surface area contributed by atoms with Gasteiger partial charge in [-0.25, -0.2) is 9.97 Å². The molecule has 0 bridgehead atoms. The van der Waals surface area contributed by atoms with Gasteiger partial charge in [-0.05, 0) is 29.3 Å². The topological polar surface area (TPSA) is 81.4 Å². The van der Waals surface area contributed by atoms with Crippen LogP contribution in [-0.2, 0) is 4.74 Å². The first kappa shape index (κ1) is 13.9. The molecule has 7 nitrogen and oxygen atoms in total. The molecule has 3 rings (SSSR count). The van der Waals surface area contributed by atoms with Gasteiger partial charge in [0.15, 0.2) is 0 Å². The fraction of sp³-hybridized carbons (Fsp3) is 0.385. The summed E-state index contributed by atoms with van der Waals surface area (Å²) in [5.41, 5.74) is 1.04. The molecule has 0 saturated carbocycles. The molecule has 0 aliphatic carbocycles. The van der Waals surface area contributed by atoms with Crippen LogP contribution in [0.4, 0.5) is 11.6 Å². The summed E-state index contributed by atoms with van der Waals surface area (Å²) in [7, 11) is 0. The number of rotatable bonds is 3. The van der Waals surface area contributed by atoms with E-state index in [0.29, 0.717) is 19.0 Å². The van der Waals surface area contributed by atoms with Crippen molar-refractivity contribution in [3.05, 3.63) is 44.9 Å². The Balaban J connectivity index is 1.79. The van der Waals surface area contributed by atoms with E-state index in [9.17, 15) is 10.1 Å². The molecule has 0 amide bonds. The van der Waals surface area contributed by atoms with Gasteiger partial charge in [0.25, 0.3) is 0 Å². The van der Waals surface area contributed by atoms with Crippen LogP contribution >= 0.6 is 11.3 Å².